The van der Waals surface area contributed by atoms with E-state index in [0.717, 1.165) is 83.5 Å². The van der Waals surface area contributed by atoms with Crippen LogP contribution in [0.15, 0.2) is 109 Å². The molecular formula is C45H71O10P. The zero-order chi connectivity index (χ0) is 41.2. The summed E-state index contributed by atoms with van der Waals surface area (Å²) in [6.07, 6.45) is 49.2. The topological polar surface area (TPSA) is 149 Å². The number of hydrogen-bond acceptors (Lipinski definition) is 9. The fourth-order valence-electron chi connectivity index (χ4n) is 4.67. The Kier molecular flexibility index (Phi) is 37.5. The third-order valence-corrected chi connectivity index (χ3v) is 8.72. The SMILES string of the molecule is CC/C=C/C=C/C=C/C=C/CCCCCC(=O)OC(COC(=O)CCCCCC/C=C/C/C=C/C/C=C/C/C=C/C/C=C/CC)COP(=O)(O)OC[C@H](O)CO. The second kappa shape index (κ2) is 39.8. The lowest BCUT2D eigenvalue weighted by molar-refractivity contribution is -0.161. The summed E-state index contributed by atoms with van der Waals surface area (Å²) in [5.41, 5.74) is 0. The Morgan fingerprint density at radius 1 is 0.554 bits per heavy atom. The number of phosphoric ester groups is 1. The molecule has 0 aromatic heterocycles. The summed E-state index contributed by atoms with van der Waals surface area (Å²) in [6.45, 7) is 2.00. The van der Waals surface area contributed by atoms with Crippen molar-refractivity contribution in [3.05, 3.63) is 109 Å². The van der Waals surface area contributed by atoms with Crippen molar-refractivity contribution in [2.45, 2.75) is 135 Å². The van der Waals surface area contributed by atoms with Gasteiger partial charge in [-0.3, -0.25) is 18.6 Å². The monoisotopic (exact) mass is 802 g/mol. The zero-order valence-electron chi connectivity index (χ0n) is 34.0. The number of esters is 2. The number of rotatable bonds is 36. The van der Waals surface area contributed by atoms with Gasteiger partial charge in [-0.1, -0.05) is 142 Å². The number of ether oxygens (including phenoxy) is 2. The molecule has 0 bridgehead atoms. The molecule has 0 amide bonds. The molecule has 0 rings (SSSR count). The predicted octanol–water partition coefficient (Wildman–Crippen LogP) is 10.6. The van der Waals surface area contributed by atoms with Crippen LogP contribution in [0.4, 0.5) is 0 Å². The highest BCUT2D eigenvalue weighted by atomic mass is 31.2. The van der Waals surface area contributed by atoms with Crippen LogP contribution in [0.1, 0.15) is 123 Å². The molecule has 0 spiro atoms. The molecule has 0 heterocycles. The maximum atomic E-state index is 12.6. The lowest BCUT2D eigenvalue weighted by atomic mass is 10.1. The van der Waals surface area contributed by atoms with Crippen LogP contribution in [0, 0.1) is 0 Å². The van der Waals surface area contributed by atoms with Crippen molar-refractivity contribution in [3.63, 3.8) is 0 Å². The Balaban J connectivity index is 4.43. The Bertz CT molecular complexity index is 1290. The first-order valence-electron chi connectivity index (χ1n) is 20.4. The standard InChI is InChI=1S/C45H71O10P/c1-3-5-7-9-11-13-15-17-18-19-20-21-22-23-25-26-28-30-32-34-36-44(48)52-40-43(41-54-56(50,51)53-39-42(47)38-46)55-45(49)37-35-33-31-29-27-24-16-14-12-10-8-6-4-2/h5-8,10-14,16-18,20-21,23-25,27,42-43,46-47H,3-4,9,15,19,22,26,28-41H2,1-2H3,(H,50,51)/b7-5+,8-6+,12-10+,13-11+,16-14+,18-17+,21-20+,25-23+,27-24+/t42-,43?/m1/s1. The van der Waals surface area contributed by atoms with Crippen LogP contribution < -0.4 is 0 Å². The Labute approximate surface area is 337 Å². The molecule has 0 aliphatic heterocycles. The molecule has 316 valence electrons. The van der Waals surface area contributed by atoms with Crippen LogP contribution in [0.2, 0.25) is 0 Å². The molecule has 56 heavy (non-hydrogen) atoms. The van der Waals surface area contributed by atoms with Crippen molar-refractivity contribution in [2.75, 3.05) is 26.4 Å². The second-order valence-electron chi connectivity index (χ2n) is 13.0. The van der Waals surface area contributed by atoms with E-state index in [2.05, 4.69) is 91.3 Å². The highest BCUT2D eigenvalue weighted by molar-refractivity contribution is 7.47. The molecule has 3 N–H and O–H groups in total. The maximum absolute atomic E-state index is 12.6. The van der Waals surface area contributed by atoms with Crippen LogP contribution in [0.3, 0.4) is 0 Å². The zero-order valence-corrected chi connectivity index (χ0v) is 34.9. The number of aliphatic hydroxyl groups is 2. The lowest BCUT2D eigenvalue weighted by Gasteiger charge is -2.20. The molecule has 0 aromatic carbocycles. The molecule has 0 saturated carbocycles. The smallest absolute Gasteiger partial charge is 0.462 e. The minimum absolute atomic E-state index is 0.125. The Morgan fingerprint density at radius 2 is 1.02 bits per heavy atom. The number of carbonyl (C=O) groups is 2. The Morgan fingerprint density at radius 3 is 1.61 bits per heavy atom. The highest BCUT2D eigenvalue weighted by Crippen LogP contribution is 2.43. The van der Waals surface area contributed by atoms with Gasteiger partial charge in [0.05, 0.1) is 19.8 Å². The minimum atomic E-state index is -4.64. The van der Waals surface area contributed by atoms with Gasteiger partial charge in [-0.15, -0.1) is 0 Å². The number of allylic oxidation sites excluding steroid dienone is 18. The molecule has 10 nitrogen and oxygen atoms in total. The molecule has 11 heteroatoms. The highest BCUT2D eigenvalue weighted by Gasteiger charge is 2.27. The summed E-state index contributed by atoms with van der Waals surface area (Å²) >= 11 is 0. The molecule has 0 radical (unpaired) electrons. The van der Waals surface area contributed by atoms with Crippen molar-refractivity contribution in [2.24, 2.45) is 0 Å². The second-order valence-corrected chi connectivity index (χ2v) is 14.4. The van der Waals surface area contributed by atoms with E-state index >= 15 is 0 Å². The fourth-order valence-corrected chi connectivity index (χ4v) is 5.46. The predicted molar refractivity (Wildman–Crippen MR) is 228 cm³/mol. The molecule has 0 saturated heterocycles. The van der Waals surface area contributed by atoms with Gasteiger partial charge in [0.25, 0.3) is 0 Å². The van der Waals surface area contributed by atoms with E-state index < -0.39 is 51.8 Å². The summed E-state index contributed by atoms with van der Waals surface area (Å²) in [7, 11) is -4.64. The van der Waals surface area contributed by atoms with E-state index in [4.69, 9.17) is 19.1 Å². The number of aliphatic hydroxyl groups excluding tert-OH is 2. The van der Waals surface area contributed by atoms with Crippen LogP contribution in [0.5, 0.6) is 0 Å². The van der Waals surface area contributed by atoms with Gasteiger partial charge in [0.2, 0.25) is 0 Å². The molecule has 0 aliphatic carbocycles. The summed E-state index contributed by atoms with van der Waals surface area (Å²) in [4.78, 5) is 34.9. The molecule has 2 unspecified atom stereocenters. The minimum Gasteiger partial charge on any atom is -0.462 e. The maximum Gasteiger partial charge on any atom is 0.472 e. The number of hydrogen-bond donors (Lipinski definition) is 3. The third-order valence-electron chi connectivity index (χ3n) is 7.77. The molecule has 0 aliphatic rings. The van der Waals surface area contributed by atoms with Crippen LogP contribution in [-0.2, 0) is 32.7 Å². The van der Waals surface area contributed by atoms with Gasteiger partial charge >= 0.3 is 19.8 Å². The van der Waals surface area contributed by atoms with E-state index in [1.165, 1.54) is 0 Å². The third kappa shape index (κ3) is 38.9. The Hall–Kier alpha value is -3.37. The largest absolute Gasteiger partial charge is 0.472 e. The summed E-state index contributed by atoms with van der Waals surface area (Å²) in [5, 5.41) is 18.3. The van der Waals surface area contributed by atoms with Crippen molar-refractivity contribution in [1.29, 1.82) is 0 Å². The van der Waals surface area contributed by atoms with E-state index in [1.54, 1.807) is 0 Å². The normalized spacial score (nSPS) is 15.0. The van der Waals surface area contributed by atoms with Crippen LogP contribution >= 0.6 is 7.82 Å². The van der Waals surface area contributed by atoms with Gasteiger partial charge in [0, 0.05) is 12.8 Å². The van der Waals surface area contributed by atoms with Crippen molar-refractivity contribution in [3.8, 4) is 0 Å². The lowest BCUT2D eigenvalue weighted by Crippen LogP contribution is -2.29. The number of unbranched alkanes of at least 4 members (excludes halogenated alkanes) is 7. The first-order chi connectivity index (χ1) is 27.2. The molecular weight excluding hydrogens is 731 g/mol. The van der Waals surface area contributed by atoms with Gasteiger partial charge in [-0.2, -0.15) is 0 Å². The first kappa shape index (κ1) is 52.6. The number of phosphoric acid groups is 1. The van der Waals surface area contributed by atoms with E-state index in [-0.39, 0.29) is 19.4 Å². The van der Waals surface area contributed by atoms with E-state index in [0.29, 0.717) is 12.8 Å². The van der Waals surface area contributed by atoms with Crippen LogP contribution in [-0.4, -0.2) is 65.7 Å². The van der Waals surface area contributed by atoms with Gasteiger partial charge < -0.3 is 24.6 Å². The van der Waals surface area contributed by atoms with Crippen molar-refractivity contribution < 1.29 is 47.8 Å². The molecule has 0 aromatic rings. The van der Waals surface area contributed by atoms with Gasteiger partial charge in [0.1, 0.15) is 12.7 Å². The van der Waals surface area contributed by atoms with Gasteiger partial charge in [0.15, 0.2) is 6.10 Å². The average Bonchev–Trinajstić information content (AvgIpc) is 3.19. The van der Waals surface area contributed by atoms with E-state index in [1.807, 2.05) is 36.5 Å². The van der Waals surface area contributed by atoms with Crippen molar-refractivity contribution >= 4 is 19.8 Å². The molecule has 3 atom stereocenters. The summed E-state index contributed by atoms with van der Waals surface area (Å²) in [6, 6.07) is 0. The molecule has 0 fully saturated rings. The first-order valence-corrected chi connectivity index (χ1v) is 21.9. The van der Waals surface area contributed by atoms with E-state index in [9.17, 15) is 24.2 Å². The van der Waals surface area contributed by atoms with Crippen LogP contribution in [0.25, 0.3) is 0 Å². The van der Waals surface area contributed by atoms with Gasteiger partial charge in [-0.25, -0.2) is 4.57 Å². The number of carbonyl (C=O) groups excluding carboxylic acids is 2. The summed E-state index contributed by atoms with van der Waals surface area (Å²) < 4.78 is 32.6. The van der Waals surface area contributed by atoms with Crippen molar-refractivity contribution in [1.82, 2.24) is 0 Å². The average molecular weight is 803 g/mol. The fraction of sp³-hybridized carbons (Fsp3) is 0.556. The summed E-state index contributed by atoms with van der Waals surface area (Å²) in [5.74, 6) is -1.01. The quantitative estimate of drug-likeness (QED) is 0.0184. The van der Waals surface area contributed by atoms with Gasteiger partial charge in [-0.05, 0) is 77.0 Å².